The molecule has 0 saturated heterocycles. The number of rotatable bonds is 6. The van der Waals surface area contributed by atoms with E-state index in [9.17, 15) is 0 Å². The maximum Gasteiger partial charge on any atom is 0.151 e. The molecule has 0 fully saturated rings. The van der Waals surface area contributed by atoms with Crippen LogP contribution in [0.5, 0.6) is 0 Å². The van der Waals surface area contributed by atoms with Gasteiger partial charge in [0, 0.05) is 30.2 Å². The normalized spacial score (nSPS) is 11.4. The molecule has 5 nitrogen and oxygen atoms in total. The molecule has 0 spiro atoms. The van der Waals surface area contributed by atoms with Gasteiger partial charge in [-0.3, -0.25) is 4.72 Å². The van der Waals surface area contributed by atoms with Crippen LogP contribution in [0.15, 0.2) is 24.1 Å². The van der Waals surface area contributed by atoms with Gasteiger partial charge < -0.3 is 20.9 Å². The van der Waals surface area contributed by atoms with Crippen molar-refractivity contribution in [2.24, 2.45) is 5.73 Å². The van der Waals surface area contributed by atoms with E-state index in [1.165, 1.54) is 24.6 Å². The fraction of sp³-hybridized carbons (Fsp3) is 0.353. The summed E-state index contributed by atoms with van der Waals surface area (Å²) in [4.78, 5) is 3.40. The van der Waals surface area contributed by atoms with Crippen molar-refractivity contribution in [3.05, 3.63) is 45.4 Å². The number of hydrogen-bond donors (Lipinski definition) is 5. The molecule has 1 heterocycles. The molecule has 138 valence electrons. The Morgan fingerprint density at radius 3 is 2.56 bits per heavy atom. The van der Waals surface area contributed by atoms with Crippen molar-refractivity contribution >= 4 is 53.1 Å². The highest BCUT2D eigenvalue weighted by atomic mass is 35.5. The summed E-state index contributed by atoms with van der Waals surface area (Å²) in [6.45, 7) is 5.17. The molecule has 0 aliphatic heterocycles. The number of nitrogens with two attached hydrogens (primary N) is 1. The van der Waals surface area contributed by atoms with E-state index in [0.29, 0.717) is 21.7 Å². The number of fused-ring (bicyclic) bond motifs is 1. The highest BCUT2D eigenvalue weighted by Gasteiger charge is 2.17. The van der Waals surface area contributed by atoms with Gasteiger partial charge in [-0.05, 0) is 17.5 Å². The smallest absolute Gasteiger partial charge is 0.151 e. The second-order valence-electron chi connectivity index (χ2n) is 5.53. The van der Waals surface area contributed by atoms with Crippen LogP contribution in [0, 0.1) is 5.41 Å². The number of aromatic nitrogens is 1. The molecule has 0 amide bonds. The van der Waals surface area contributed by atoms with E-state index in [1.54, 1.807) is 0 Å². The second kappa shape index (κ2) is 10.6. The molecule has 2 aromatic rings. The van der Waals surface area contributed by atoms with Crippen LogP contribution in [0.4, 0.5) is 0 Å². The van der Waals surface area contributed by atoms with Crippen LogP contribution >= 0.6 is 36.0 Å². The fourth-order valence-corrected chi connectivity index (χ4v) is 2.97. The molecule has 25 heavy (non-hydrogen) atoms. The van der Waals surface area contributed by atoms with Gasteiger partial charge in [0.05, 0.1) is 28.9 Å². The summed E-state index contributed by atoms with van der Waals surface area (Å²) in [7, 11) is 1.46. The lowest BCUT2D eigenvalue weighted by atomic mass is 9.98. The summed E-state index contributed by atoms with van der Waals surface area (Å²) in [5.74, 6) is 0.811. The number of nitrogens with one attached hydrogen (secondary N) is 3. The average Bonchev–Trinajstić information content (AvgIpc) is 2.98. The van der Waals surface area contributed by atoms with Crippen LogP contribution in [-0.4, -0.2) is 24.9 Å². The first kappa shape index (κ1) is 21.7. The monoisotopic (exact) mass is 402 g/mol. The Morgan fingerprint density at radius 1 is 1.44 bits per heavy atom. The summed E-state index contributed by atoms with van der Waals surface area (Å²) in [6, 6.07) is 3.89. The molecule has 1 aromatic carbocycles. The average molecular weight is 403 g/mol. The number of thiol groups is 1. The molecule has 1 aromatic heterocycles. The minimum absolute atomic E-state index is 0.375. The minimum Gasteiger partial charge on any atom is -0.494 e. The SMILES string of the molecule is CC(C)c1c(CCNS)[nH]c2c(Cl)c(Cl)ccc12.CO/C(C=N)=C/N. The van der Waals surface area contributed by atoms with Crippen LogP contribution in [0.3, 0.4) is 0 Å². The number of H-pyrrole nitrogens is 1. The maximum atomic E-state index is 6.56. The van der Waals surface area contributed by atoms with Crippen molar-refractivity contribution in [1.29, 1.82) is 5.41 Å². The third kappa shape index (κ3) is 5.57. The molecular weight excluding hydrogens is 379 g/mol. The molecule has 0 bridgehead atoms. The Bertz CT molecular complexity index is 744. The summed E-state index contributed by atoms with van der Waals surface area (Å²) in [5.41, 5.74) is 8.40. The van der Waals surface area contributed by atoms with Crippen molar-refractivity contribution in [2.75, 3.05) is 13.7 Å². The number of allylic oxidation sites excluding steroid dienone is 1. The topological polar surface area (TPSA) is 86.9 Å². The molecule has 5 N–H and O–H groups in total. The Balaban J connectivity index is 0.000000381. The molecule has 0 unspecified atom stereocenters. The summed E-state index contributed by atoms with van der Waals surface area (Å²) in [6.07, 6.45) is 3.16. The van der Waals surface area contributed by atoms with E-state index >= 15 is 0 Å². The first-order valence-corrected chi connectivity index (χ1v) is 8.93. The van der Waals surface area contributed by atoms with Gasteiger partial charge in [-0.2, -0.15) is 0 Å². The fourth-order valence-electron chi connectivity index (χ4n) is 2.49. The largest absolute Gasteiger partial charge is 0.494 e. The van der Waals surface area contributed by atoms with E-state index in [-0.39, 0.29) is 0 Å². The van der Waals surface area contributed by atoms with Crippen LogP contribution < -0.4 is 10.5 Å². The predicted molar refractivity (Wildman–Crippen MR) is 111 cm³/mol. The quantitative estimate of drug-likeness (QED) is 0.276. The molecule has 0 atom stereocenters. The van der Waals surface area contributed by atoms with Crippen LogP contribution in [0.25, 0.3) is 10.9 Å². The number of benzene rings is 1. The molecule has 0 radical (unpaired) electrons. The van der Waals surface area contributed by atoms with E-state index in [4.69, 9.17) is 34.3 Å². The van der Waals surface area contributed by atoms with Gasteiger partial charge in [0.1, 0.15) is 0 Å². The molecule has 0 aliphatic rings. The number of hydrogen-bond acceptors (Lipinski definition) is 5. The molecular formula is C17H24Cl2N4OS. The summed E-state index contributed by atoms with van der Waals surface area (Å²) < 4.78 is 7.41. The summed E-state index contributed by atoms with van der Waals surface area (Å²) >= 11 is 16.3. The highest BCUT2D eigenvalue weighted by molar-refractivity contribution is 7.78. The zero-order chi connectivity index (χ0) is 19.0. The van der Waals surface area contributed by atoms with Crippen LogP contribution in [0.1, 0.15) is 31.0 Å². The molecule has 0 saturated carbocycles. The molecule has 8 heteroatoms. The third-order valence-corrected chi connectivity index (χ3v) is 4.62. The van der Waals surface area contributed by atoms with Crippen LogP contribution in [-0.2, 0) is 11.2 Å². The number of halogens is 2. The first-order valence-electron chi connectivity index (χ1n) is 7.72. The van der Waals surface area contributed by atoms with Crippen LogP contribution in [0.2, 0.25) is 10.0 Å². The maximum absolute atomic E-state index is 6.56. The van der Waals surface area contributed by atoms with Crippen molar-refractivity contribution in [3.8, 4) is 0 Å². The Kier molecular flexibility index (Phi) is 9.21. The minimum atomic E-state index is 0.375. The van der Waals surface area contributed by atoms with E-state index < -0.39 is 0 Å². The Morgan fingerprint density at radius 2 is 2.12 bits per heavy atom. The van der Waals surface area contributed by atoms with Gasteiger partial charge in [0.15, 0.2) is 5.76 Å². The second-order valence-corrected chi connectivity index (χ2v) is 6.63. The number of methoxy groups -OCH3 is 1. The van der Waals surface area contributed by atoms with Gasteiger partial charge in [0.2, 0.25) is 0 Å². The number of aromatic amines is 1. The van der Waals surface area contributed by atoms with Gasteiger partial charge >= 0.3 is 0 Å². The van der Waals surface area contributed by atoms with Crippen molar-refractivity contribution in [3.63, 3.8) is 0 Å². The highest BCUT2D eigenvalue weighted by Crippen LogP contribution is 2.36. The molecule has 0 aliphatic carbocycles. The standard InChI is InChI=1S/C13H16Cl2N2S.C4H8N2O/c1-7(2)11-8-3-4-9(14)12(15)13(8)17-10(11)5-6-16-18;1-7-4(2-5)3-6/h3-4,7,16-18H,5-6H2,1-2H3;2-3,5H,6H2,1H3/b;4-3+,5-2?. The van der Waals surface area contributed by atoms with E-state index in [2.05, 4.69) is 41.1 Å². The van der Waals surface area contributed by atoms with E-state index in [1.807, 2.05) is 12.1 Å². The molecule has 2 rings (SSSR count). The van der Waals surface area contributed by atoms with Gasteiger partial charge in [-0.15, -0.1) is 0 Å². The predicted octanol–water partition coefficient (Wildman–Crippen LogP) is 4.66. The zero-order valence-electron chi connectivity index (χ0n) is 14.5. The lowest BCUT2D eigenvalue weighted by Gasteiger charge is -2.08. The van der Waals surface area contributed by atoms with Gasteiger partial charge in [0.25, 0.3) is 0 Å². The van der Waals surface area contributed by atoms with Gasteiger partial charge in [-0.1, -0.05) is 55.9 Å². The lowest BCUT2D eigenvalue weighted by Crippen LogP contribution is -2.07. The lowest BCUT2D eigenvalue weighted by molar-refractivity contribution is 0.316. The van der Waals surface area contributed by atoms with Crippen molar-refractivity contribution in [2.45, 2.75) is 26.2 Å². The van der Waals surface area contributed by atoms with Crippen molar-refractivity contribution < 1.29 is 4.74 Å². The third-order valence-electron chi connectivity index (χ3n) is 3.59. The Labute approximate surface area is 164 Å². The first-order chi connectivity index (χ1) is 11.9. The Hall–Kier alpha value is -1.34. The van der Waals surface area contributed by atoms with Gasteiger partial charge in [-0.25, -0.2) is 0 Å². The van der Waals surface area contributed by atoms with E-state index in [0.717, 1.165) is 30.1 Å². The number of ether oxygens (including phenoxy) is 1. The zero-order valence-corrected chi connectivity index (χ0v) is 16.9. The van der Waals surface area contributed by atoms with Crippen molar-refractivity contribution in [1.82, 2.24) is 9.71 Å². The summed E-state index contributed by atoms with van der Waals surface area (Å²) in [5, 5.41) is 8.90.